The van der Waals surface area contributed by atoms with Crippen molar-refractivity contribution in [2.24, 2.45) is 5.92 Å². The summed E-state index contributed by atoms with van der Waals surface area (Å²) < 4.78 is 0. The van der Waals surface area contributed by atoms with E-state index in [4.69, 9.17) is 16.7 Å². The van der Waals surface area contributed by atoms with Crippen LogP contribution in [0, 0.1) is 12.8 Å². The van der Waals surface area contributed by atoms with Crippen LogP contribution in [0.4, 0.5) is 5.69 Å². The Hall–Kier alpha value is -1.20. The summed E-state index contributed by atoms with van der Waals surface area (Å²) in [4.78, 5) is 22.9. The molecule has 0 aliphatic carbocycles. The summed E-state index contributed by atoms with van der Waals surface area (Å²) >= 11 is 6.98. The second kappa shape index (κ2) is 7.55. The van der Waals surface area contributed by atoms with Crippen molar-refractivity contribution in [1.82, 2.24) is 0 Å². The van der Waals surface area contributed by atoms with Gasteiger partial charge in [0.2, 0.25) is 5.91 Å². The van der Waals surface area contributed by atoms with Crippen molar-refractivity contribution in [3.8, 4) is 0 Å². The molecule has 1 rings (SSSR count). The number of anilines is 1. The molecular weight excluding hydrogens is 298 g/mol. The first kappa shape index (κ1) is 16.9. The van der Waals surface area contributed by atoms with Gasteiger partial charge in [-0.15, -0.1) is 11.8 Å². The molecule has 0 saturated heterocycles. The molecule has 1 amide bonds. The quantitative estimate of drug-likeness (QED) is 0.844. The number of aryl methyl sites for hydroxylation is 1. The summed E-state index contributed by atoms with van der Waals surface area (Å²) in [5, 5.41) is 11.8. The number of rotatable bonds is 6. The molecule has 4 nitrogen and oxygen atoms in total. The molecule has 0 saturated carbocycles. The molecule has 0 fully saturated rings. The molecule has 0 aromatic heterocycles. The molecule has 0 bridgehead atoms. The molecule has 2 N–H and O–H groups in total. The van der Waals surface area contributed by atoms with Gasteiger partial charge >= 0.3 is 5.97 Å². The first-order valence-corrected chi connectivity index (χ1v) is 7.64. The topological polar surface area (TPSA) is 66.4 Å². The van der Waals surface area contributed by atoms with Crippen LogP contribution >= 0.6 is 23.4 Å². The third-order valence-electron chi connectivity index (χ3n) is 2.71. The van der Waals surface area contributed by atoms with Crippen molar-refractivity contribution in [2.75, 3.05) is 11.1 Å². The number of carbonyl (C=O) groups is 2. The maximum absolute atomic E-state index is 11.8. The van der Waals surface area contributed by atoms with Gasteiger partial charge in [0, 0.05) is 10.7 Å². The third-order valence-corrected chi connectivity index (χ3v) is 4.47. The van der Waals surface area contributed by atoms with Crippen LogP contribution in [-0.4, -0.2) is 28.0 Å². The van der Waals surface area contributed by atoms with Gasteiger partial charge in [-0.2, -0.15) is 0 Å². The number of nitrogens with one attached hydrogen (secondary N) is 1. The summed E-state index contributed by atoms with van der Waals surface area (Å²) in [6.07, 6.45) is 0. The average molecular weight is 316 g/mol. The molecule has 0 spiro atoms. The van der Waals surface area contributed by atoms with Gasteiger partial charge in [-0.3, -0.25) is 9.59 Å². The van der Waals surface area contributed by atoms with Crippen molar-refractivity contribution in [3.05, 3.63) is 28.8 Å². The van der Waals surface area contributed by atoms with E-state index < -0.39 is 11.2 Å². The van der Waals surface area contributed by atoms with Crippen LogP contribution in [0.1, 0.15) is 19.4 Å². The molecule has 20 heavy (non-hydrogen) atoms. The fraction of sp³-hybridized carbons (Fsp3) is 0.429. The monoisotopic (exact) mass is 315 g/mol. The fourth-order valence-corrected chi connectivity index (χ4v) is 2.83. The van der Waals surface area contributed by atoms with Gasteiger partial charge in [0.15, 0.2) is 0 Å². The smallest absolute Gasteiger partial charge is 0.316 e. The van der Waals surface area contributed by atoms with Gasteiger partial charge in [0.25, 0.3) is 0 Å². The minimum absolute atomic E-state index is 0.0254. The molecule has 1 aromatic carbocycles. The number of halogens is 1. The zero-order valence-electron chi connectivity index (χ0n) is 11.6. The predicted octanol–water partition coefficient (Wildman–Crippen LogP) is 3.43. The van der Waals surface area contributed by atoms with Crippen molar-refractivity contribution < 1.29 is 14.7 Å². The lowest BCUT2D eigenvalue weighted by Gasteiger charge is -2.15. The van der Waals surface area contributed by atoms with Gasteiger partial charge in [0.1, 0.15) is 5.25 Å². The van der Waals surface area contributed by atoms with Gasteiger partial charge in [-0.25, -0.2) is 0 Å². The second-order valence-corrected chi connectivity index (χ2v) is 6.39. The molecule has 1 aromatic rings. The van der Waals surface area contributed by atoms with Crippen molar-refractivity contribution >= 4 is 40.9 Å². The zero-order chi connectivity index (χ0) is 15.3. The first-order valence-electron chi connectivity index (χ1n) is 6.21. The molecule has 0 heterocycles. The normalized spacial score (nSPS) is 12.2. The van der Waals surface area contributed by atoms with Crippen LogP contribution in [-0.2, 0) is 9.59 Å². The highest BCUT2D eigenvalue weighted by molar-refractivity contribution is 8.01. The number of aliphatic carboxylic acids is 1. The Bertz CT molecular complexity index is 505. The van der Waals surface area contributed by atoms with E-state index in [0.29, 0.717) is 10.7 Å². The van der Waals surface area contributed by atoms with E-state index in [0.717, 1.165) is 17.3 Å². The number of hydrogen-bond donors (Lipinski definition) is 2. The summed E-state index contributed by atoms with van der Waals surface area (Å²) in [5.41, 5.74) is 1.56. The number of benzene rings is 1. The van der Waals surface area contributed by atoms with Crippen molar-refractivity contribution in [3.63, 3.8) is 0 Å². The van der Waals surface area contributed by atoms with Crippen molar-refractivity contribution in [1.29, 1.82) is 0 Å². The Morgan fingerprint density at radius 1 is 1.40 bits per heavy atom. The maximum atomic E-state index is 11.8. The van der Waals surface area contributed by atoms with Gasteiger partial charge in [-0.1, -0.05) is 25.4 Å². The summed E-state index contributed by atoms with van der Waals surface area (Å²) in [7, 11) is 0. The third kappa shape index (κ3) is 5.06. The van der Waals surface area contributed by atoms with E-state index in [9.17, 15) is 9.59 Å². The van der Waals surface area contributed by atoms with Gasteiger partial charge < -0.3 is 10.4 Å². The van der Waals surface area contributed by atoms with Gasteiger partial charge in [-0.05, 0) is 36.6 Å². The number of carboxylic acids is 1. The van der Waals surface area contributed by atoms with E-state index in [1.54, 1.807) is 18.2 Å². The number of hydrogen-bond acceptors (Lipinski definition) is 3. The molecule has 0 aliphatic rings. The standard InChI is InChI=1S/C14H18ClNO3S/c1-8(2)13(14(18)19)20-7-12(17)16-11-5-4-10(15)6-9(11)3/h4-6,8,13H,7H2,1-3H3,(H,16,17)(H,18,19). The lowest BCUT2D eigenvalue weighted by atomic mass is 10.1. The number of carbonyl (C=O) groups excluding carboxylic acids is 1. The number of carboxylic acid groups (broad SMARTS) is 1. The maximum Gasteiger partial charge on any atom is 0.316 e. The minimum atomic E-state index is -0.888. The average Bonchev–Trinajstić information content (AvgIpc) is 2.32. The van der Waals surface area contributed by atoms with Crippen LogP contribution in [0.25, 0.3) is 0 Å². The molecular formula is C14H18ClNO3S. The lowest BCUT2D eigenvalue weighted by Crippen LogP contribution is -2.25. The van der Waals surface area contributed by atoms with Crippen molar-refractivity contribution in [2.45, 2.75) is 26.0 Å². The summed E-state index contributed by atoms with van der Waals surface area (Å²) in [6.45, 7) is 5.50. The minimum Gasteiger partial charge on any atom is -0.480 e. The van der Waals surface area contributed by atoms with Gasteiger partial charge in [0.05, 0.1) is 5.75 Å². The Balaban J connectivity index is 2.57. The summed E-state index contributed by atoms with van der Waals surface area (Å²) in [5.74, 6) is -1.02. The number of amides is 1. The Morgan fingerprint density at radius 3 is 2.55 bits per heavy atom. The Kier molecular flexibility index (Phi) is 6.36. The molecule has 0 aliphatic heterocycles. The highest BCUT2D eigenvalue weighted by atomic mass is 35.5. The molecule has 1 atom stereocenters. The molecule has 110 valence electrons. The molecule has 6 heteroatoms. The van der Waals surface area contributed by atoms with Crippen LogP contribution in [0.15, 0.2) is 18.2 Å². The lowest BCUT2D eigenvalue weighted by molar-refractivity contribution is -0.137. The van der Waals surface area contributed by atoms with E-state index in [-0.39, 0.29) is 17.6 Å². The van der Waals surface area contributed by atoms with Crippen LogP contribution < -0.4 is 5.32 Å². The van der Waals surface area contributed by atoms with E-state index in [2.05, 4.69) is 5.32 Å². The zero-order valence-corrected chi connectivity index (χ0v) is 13.2. The first-order chi connectivity index (χ1) is 9.31. The largest absolute Gasteiger partial charge is 0.480 e. The Morgan fingerprint density at radius 2 is 2.05 bits per heavy atom. The SMILES string of the molecule is Cc1cc(Cl)ccc1NC(=O)CSC(C(=O)O)C(C)C. The molecule has 1 unspecified atom stereocenters. The fourth-order valence-electron chi connectivity index (χ4n) is 1.67. The summed E-state index contributed by atoms with van der Waals surface area (Å²) in [6, 6.07) is 5.20. The number of thioether (sulfide) groups is 1. The van der Waals surface area contributed by atoms with E-state index >= 15 is 0 Å². The van der Waals surface area contributed by atoms with Crippen LogP contribution in [0.2, 0.25) is 5.02 Å². The molecule has 0 radical (unpaired) electrons. The predicted molar refractivity (Wildman–Crippen MR) is 83.5 cm³/mol. The van der Waals surface area contributed by atoms with Crippen LogP contribution in [0.3, 0.4) is 0 Å². The van der Waals surface area contributed by atoms with E-state index in [1.165, 1.54) is 0 Å². The second-order valence-electron chi connectivity index (χ2n) is 4.82. The Labute approximate surface area is 127 Å². The van der Waals surface area contributed by atoms with E-state index in [1.807, 2.05) is 20.8 Å². The highest BCUT2D eigenvalue weighted by Crippen LogP contribution is 2.22. The highest BCUT2D eigenvalue weighted by Gasteiger charge is 2.23. The van der Waals surface area contributed by atoms with Crippen LogP contribution in [0.5, 0.6) is 0 Å².